The van der Waals surface area contributed by atoms with Gasteiger partial charge in [-0.25, -0.2) is 4.57 Å². The number of phosphoric ester groups is 1. The normalized spacial score (nSPS) is 13.8. The molecule has 0 aliphatic rings. The molecule has 0 fully saturated rings. The number of hydrogen-bond acceptors (Lipinski definition) is 8. The topological polar surface area (TPSA) is 134 Å². The molecule has 2 unspecified atom stereocenters. The number of carbonyl (C=O) groups is 2. The summed E-state index contributed by atoms with van der Waals surface area (Å²) >= 11 is 0. The number of rotatable bonds is 69. The second-order valence-electron chi connectivity index (χ2n) is 24.4. The third kappa shape index (κ3) is 74.8. The van der Waals surface area contributed by atoms with Gasteiger partial charge in [0.05, 0.1) is 13.2 Å². The molecule has 0 aromatic heterocycles. The van der Waals surface area contributed by atoms with Crippen LogP contribution in [0.2, 0.25) is 0 Å². The third-order valence-corrected chi connectivity index (χ3v) is 16.7. The lowest BCUT2D eigenvalue weighted by molar-refractivity contribution is -0.161. The van der Waals surface area contributed by atoms with Crippen molar-refractivity contribution in [3.8, 4) is 0 Å². The van der Waals surface area contributed by atoms with E-state index in [1.807, 2.05) is 0 Å². The van der Waals surface area contributed by atoms with E-state index in [2.05, 4.69) is 160 Å². The Balaban J connectivity index is 3.93. The van der Waals surface area contributed by atoms with Gasteiger partial charge in [0.25, 0.3) is 0 Å². The van der Waals surface area contributed by atoms with Crippen LogP contribution in [0.4, 0.5) is 0 Å². The SMILES string of the molecule is CC/C=C\C/C=C\C/C=C\C/C=C\C/C=C\C/C=C\C/C=C\C/C=C\C/C=C\C/C=C\CCCCC(=O)OC(COC(=O)CCCCCCCCCCCCCCCCCCCCCCCCCCC/C=C\C/C=C\CCCCCCC)COP(=O)(O)OCCN. The van der Waals surface area contributed by atoms with E-state index >= 15 is 0 Å². The van der Waals surface area contributed by atoms with Crippen LogP contribution in [-0.4, -0.2) is 49.3 Å². The highest BCUT2D eigenvalue weighted by molar-refractivity contribution is 7.47. The third-order valence-electron chi connectivity index (χ3n) is 15.7. The maximum absolute atomic E-state index is 12.8. The molecule has 0 spiro atoms. The lowest BCUT2D eigenvalue weighted by Gasteiger charge is -2.19. The van der Waals surface area contributed by atoms with Crippen molar-refractivity contribution in [3.05, 3.63) is 146 Å². The van der Waals surface area contributed by atoms with Gasteiger partial charge in [0, 0.05) is 19.4 Å². The van der Waals surface area contributed by atoms with Crippen LogP contribution < -0.4 is 5.73 Å². The van der Waals surface area contributed by atoms with Gasteiger partial charge in [-0.3, -0.25) is 18.6 Å². The number of unbranched alkanes of at least 4 members (excludes halogenated alkanes) is 32. The van der Waals surface area contributed by atoms with Gasteiger partial charge >= 0.3 is 19.8 Å². The van der Waals surface area contributed by atoms with Crippen LogP contribution >= 0.6 is 7.82 Å². The maximum atomic E-state index is 12.8. The predicted molar refractivity (Wildman–Crippen MR) is 394 cm³/mol. The molecular weight excluding hydrogens is 1150 g/mol. The Morgan fingerprint density at radius 2 is 0.604 bits per heavy atom. The summed E-state index contributed by atoms with van der Waals surface area (Å²) in [5.41, 5.74) is 5.40. The van der Waals surface area contributed by atoms with Gasteiger partial charge in [-0.1, -0.05) is 333 Å². The number of carbonyl (C=O) groups excluding carboxylic acids is 2. The molecule has 0 bridgehead atoms. The van der Waals surface area contributed by atoms with Crippen LogP contribution in [0, 0.1) is 0 Å². The first kappa shape index (κ1) is 86.9. The van der Waals surface area contributed by atoms with Crippen molar-refractivity contribution in [2.45, 2.75) is 328 Å². The van der Waals surface area contributed by atoms with Gasteiger partial charge in [0.2, 0.25) is 0 Å². The van der Waals surface area contributed by atoms with E-state index in [-0.39, 0.29) is 32.6 Å². The van der Waals surface area contributed by atoms with Gasteiger partial charge < -0.3 is 20.1 Å². The number of nitrogens with two attached hydrogens (primary N) is 1. The van der Waals surface area contributed by atoms with Crippen molar-refractivity contribution in [3.63, 3.8) is 0 Å². The highest BCUT2D eigenvalue weighted by Gasteiger charge is 2.26. The van der Waals surface area contributed by atoms with Gasteiger partial charge in [-0.15, -0.1) is 0 Å². The summed E-state index contributed by atoms with van der Waals surface area (Å²) in [6, 6.07) is 0. The molecule has 0 radical (unpaired) electrons. The largest absolute Gasteiger partial charge is 0.472 e. The summed E-state index contributed by atoms with van der Waals surface area (Å²) < 4.78 is 33.1. The second-order valence-corrected chi connectivity index (χ2v) is 25.9. The standard InChI is InChI=1S/C81H138NO8P/c1-3-5-7-9-11-13-15-17-19-21-23-25-27-29-31-33-35-37-38-39-40-42-43-45-47-49-51-53-55-57-59-61-63-65-67-69-71-73-80(83)87-77-79(78-89-91(85,86)88-76-75-82)90-81(84)74-72-70-68-66-64-62-60-58-56-54-52-50-48-46-44-41-36-34-32-30-28-26-24-22-20-18-16-14-12-10-8-6-4-2/h6,8,12,14-15,17-18,20-21,23-24,26,30,32,36,41,46,48,52,54,58,60,64,66,79H,3-5,7,9-11,13,16,19,22,25,27-29,31,33-35,37-40,42-45,47,49-51,53,55-57,59,61-63,65,67-78,82H2,1-2H3,(H,85,86)/b8-6-,14-12-,17-15-,20-18-,23-21-,26-24-,32-30-,41-36-,48-46-,54-52-,60-58-,66-64-. The average Bonchev–Trinajstić information content (AvgIpc) is 3.74. The molecule has 3 N–H and O–H groups in total. The smallest absolute Gasteiger partial charge is 0.462 e. The minimum atomic E-state index is -4.42. The zero-order chi connectivity index (χ0) is 65.8. The Morgan fingerprint density at radius 1 is 0.341 bits per heavy atom. The second kappa shape index (κ2) is 74.9. The van der Waals surface area contributed by atoms with E-state index in [0.29, 0.717) is 6.42 Å². The average molecular weight is 1280 g/mol. The molecule has 0 saturated heterocycles. The number of allylic oxidation sites excluding steroid dienone is 24. The predicted octanol–water partition coefficient (Wildman–Crippen LogP) is 25.0. The Kier molecular flexibility index (Phi) is 71.5. The van der Waals surface area contributed by atoms with E-state index in [1.54, 1.807) is 0 Å². The molecule has 520 valence electrons. The summed E-state index contributed by atoms with van der Waals surface area (Å²) in [6.07, 6.45) is 108. The minimum Gasteiger partial charge on any atom is -0.462 e. The van der Waals surface area contributed by atoms with Crippen LogP contribution in [0.5, 0.6) is 0 Å². The fourth-order valence-corrected chi connectivity index (χ4v) is 11.0. The van der Waals surface area contributed by atoms with Crippen LogP contribution in [0.1, 0.15) is 322 Å². The van der Waals surface area contributed by atoms with Crippen LogP contribution in [0.15, 0.2) is 146 Å². The highest BCUT2D eigenvalue weighted by atomic mass is 31.2. The molecule has 9 nitrogen and oxygen atoms in total. The number of esters is 2. The first-order valence-electron chi connectivity index (χ1n) is 37.3. The molecule has 0 aromatic carbocycles. The summed E-state index contributed by atoms with van der Waals surface area (Å²) in [6.45, 7) is 3.59. The maximum Gasteiger partial charge on any atom is 0.472 e. The first-order chi connectivity index (χ1) is 44.8. The Labute approximate surface area is 560 Å². The summed E-state index contributed by atoms with van der Waals surface area (Å²) in [7, 11) is -4.42. The fraction of sp³-hybridized carbons (Fsp3) is 0.679. The molecule has 0 heterocycles. The van der Waals surface area contributed by atoms with Crippen molar-refractivity contribution >= 4 is 19.8 Å². The van der Waals surface area contributed by atoms with Gasteiger partial charge in [0.1, 0.15) is 6.61 Å². The van der Waals surface area contributed by atoms with Gasteiger partial charge in [-0.05, 0) is 122 Å². The van der Waals surface area contributed by atoms with Gasteiger partial charge in [-0.2, -0.15) is 0 Å². The molecule has 0 aliphatic carbocycles. The summed E-state index contributed by atoms with van der Waals surface area (Å²) in [4.78, 5) is 35.4. The summed E-state index contributed by atoms with van der Waals surface area (Å²) in [5.74, 6) is -0.878. The molecule has 10 heteroatoms. The molecule has 0 saturated carbocycles. The van der Waals surface area contributed by atoms with E-state index in [9.17, 15) is 19.0 Å². The quantitative estimate of drug-likeness (QED) is 0.0264. The molecule has 0 amide bonds. The first-order valence-corrected chi connectivity index (χ1v) is 38.8. The Hall–Kier alpha value is -4.11. The lowest BCUT2D eigenvalue weighted by Crippen LogP contribution is -2.29. The zero-order valence-electron chi connectivity index (χ0n) is 58.5. The van der Waals surface area contributed by atoms with Gasteiger partial charge in [0.15, 0.2) is 6.10 Å². The van der Waals surface area contributed by atoms with Crippen LogP contribution in [0.25, 0.3) is 0 Å². The molecule has 0 aromatic rings. The molecular formula is C81H138NO8P. The number of phosphoric acid groups is 1. The summed E-state index contributed by atoms with van der Waals surface area (Å²) in [5, 5.41) is 0. The molecule has 0 aliphatic heterocycles. The van der Waals surface area contributed by atoms with Crippen molar-refractivity contribution in [1.29, 1.82) is 0 Å². The van der Waals surface area contributed by atoms with Crippen molar-refractivity contribution in [2.24, 2.45) is 5.73 Å². The zero-order valence-corrected chi connectivity index (χ0v) is 59.4. The minimum absolute atomic E-state index is 0.0399. The van der Waals surface area contributed by atoms with Crippen molar-refractivity contribution in [2.75, 3.05) is 26.4 Å². The molecule has 2 atom stereocenters. The van der Waals surface area contributed by atoms with Crippen LogP contribution in [0.3, 0.4) is 0 Å². The van der Waals surface area contributed by atoms with Crippen molar-refractivity contribution in [1.82, 2.24) is 0 Å². The molecule has 0 rings (SSSR count). The number of ether oxygens (including phenoxy) is 2. The lowest BCUT2D eigenvalue weighted by atomic mass is 10.0. The van der Waals surface area contributed by atoms with Crippen LogP contribution in [-0.2, 0) is 32.7 Å². The molecule has 91 heavy (non-hydrogen) atoms. The van der Waals surface area contributed by atoms with Crippen molar-refractivity contribution < 1.29 is 37.6 Å². The van der Waals surface area contributed by atoms with E-state index < -0.39 is 32.5 Å². The Morgan fingerprint density at radius 3 is 0.923 bits per heavy atom. The van der Waals surface area contributed by atoms with E-state index in [4.69, 9.17) is 24.3 Å². The number of hydrogen-bond donors (Lipinski definition) is 2. The monoisotopic (exact) mass is 1280 g/mol. The highest BCUT2D eigenvalue weighted by Crippen LogP contribution is 2.43. The van der Waals surface area contributed by atoms with E-state index in [1.165, 1.54) is 186 Å². The fourth-order valence-electron chi connectivity index (χ4n) is 10.2. The Bertz CT molecular complexity index is 2010. The van der Waals surface area contributed by atoms with E-state index in [0.717, 1.165) is 103 Å².